The lowest BCUT2D eigenvalue weighted by Gasteiger charge is -2.30. The van der Waals surface area contributed by atoms with Gasteiger partial charge in [-0.3, -0.25) is 4.79 Å². The van der Waals surface area contributed by atoms with Crippen molar-refractivity contribution in [1.82, 2.24) is 4.90 Å². The number of carbonyl (C=O) groups is 1. The van der Waals surface area contributed by atoms with Crippen molar-refractivity contribution in [2.45, 2.75) is 45.6 Å². The zero-order valence-electron chi connectivity index (χ0n) is 11.2. The molecule has 108 valence electrons. The minimum absolute atomic E-state index is 0.0321. The summed E-state index contributed by atoms with van der Waals surface area (Å²) in [5.41, 5.74) is 5.48. The van der Waals surface area contributed by atoms with Crippen LogP contribution in [0.1, 0.15) is 33.1 Å². The molecule has 0 heterocycles. The molecule has 0 aromatic heterocycles. The molecule has 0 radical (unpaired) electrons. The van der Waals surface area contributed by atoms with E-state index in [0.29, 0.717) is 13.1 Å². The first kappa shape index (κ1) is 17.2. The number of hydrogen-bond donors (Lipinski definition) is 1. The topological polar surface area (TPSA) is 55.6 Å². The standard InChI is InChI=1S/C12H24F2N2O2/c1-3-10(4-2)16(7-6-15)12(17)5-8-18-9-11(13)14/h10-11H,3-9,15H2,1-2H3. The van der Waals surface area contributed by atoms with E-state index in [1.165, 1.54) is 0 Å². The highest BCUT2D eigenvalue weighted by molar-refractivity contribution is 5.76. The third-order valence-electron chi connectivity index (χ3n) is 2.78. The maximum absolute atomic E-state index is 11.9. The molecule has 1 amide bonds. The third kappa shape index (κ3) is 6.86. The second-order valence-corrected chi connectivity index (χ2v) is 4.06. The van der Waals surface area contributed by atoms with Gasteiger partial charge >= 0.3 is 0 Å². The Morgan fingerprint density at radius 3 is 2.39 bits per heavy atom. The summed E-state index contributed by atoms with van der Waals surface area (Å²) < 4.78 is 28.4. The van der Waals surface area contributed by atoms with Gasteiger partial charge in [0.05, 0.1) is 13.0 Å². The highest BCUT2D eigenvalue weighted by Gasteiger charge is 2.19. The van der Waals surface area contributed by atoms with Gasteiger partial charge in [-0.25, -0.2) is 8.78 Å². The second-order valence-electron chi connectivity index (χ2n) is 4.06. The van der Waals surface area contributed by atoms with E-state index in [0.717, 1.165) is 12.8 Å². The van der Waals surface area contributed by atoms with Crippen molar-refractivity contribution >= 4 is 5.91 Å². The minimum atomic E-state index is -2.49. The zero-order chi connectivity index (χ0) is 14.0. The first-order valence-electron chi connectivity index (χ1n) is 6.42. The molecule has 0 aliphatic carbocycles. The number of nitrogens with zero attached hydrogens (tertiary/aromatic N) is 1. The van der Waals surface area contributed by atoms with Gasteiger partial charge in [-0.15, -0.1) is 0 Å². The van der Waals surface area contributed by atoms with E-state index in [4.69, 9.17) is 10.5 Å². The Balaban J connectivity index is 4.13. The Bertz CT molecular complexity index is 224. The Morgan fingerprint density at radius 1 is 1.33 bits per heavy atom. The van der Waals surface area contributed by atoms with Gasteiger partial charge in [0.1, 0.15) is 6.61 Å². The molecule has 4 nitrogen and oxygen atoms in total. The number of nitrogens with two attached hydrogens (primary N) is 1. The quantitative estimate of drug-likeness (QED) is 0.611. The molecule has 0 aliphatic heterocycles. The molecule has 0 unspecified atom stereocenters. The number of halogens is 2. The molecule has 0 fully saturated rings. The van der Waals surface area contributed by atoms with Crippen molar-refractivity contribution in [2.75, 3.05) is 26.3 Å². The summed E-state index contributed by atoms with van der Waals surface area (Å²) in [7, 11) is 0. The Hall–Kier alpha value is -0.750. The van der Waals surface area contributed by atoms with Gasteiger partial charge in [-0.2, -0.15) is 0 Å². The van der Waals surface area contributed by atoms with Gasteiger partial charge in [-0.05, 0) is 12.8 Å². The lowest BCUT2D eigenvalue weighted by Crippen LogP contribution is -2.43. The molecule has 0 atom stereocenters. The fraction of sp³-hybridized carbons (Fsp3) is 0.917. The number of amides is 1. The molecule has 0 spiro atoms. The van der Waals surface area contributed by atoms with Gasteiger partial charge in [0.2, 0.25) is 5.91 Å². The van der Waals surface area contributed by atoms with Gasteiger partial charge in [-0.1, -0.05) is 13.8 Å². The van der Waals surface area contributed by atoms with Crippen molar-refractivity contribution in [3.05, 3.63) is 0 Å². The van der Waals surface area contributed by atoms with Gasteiger partial charge in [0, 0.05) is 19.1 Å². The largest absolute Gasteiger partial charge is 0.375 e. The van der Waals surface area contributed by atoms with Crippen LogP contribution in [0.3, 0.4) is 0 Å². The van der Waals surface area contributed by atoms with Crippen LogP contribution in [0.15, 0.2) is 0 Å². The SMILES string of the molecule is CCC(CC)N(CCN)C(=O)CCOCC(F)F. The van der Waals surface area contributed by atoms with Crippen LogP contribution >= 0.6 is 0 Å². The van der Waals surface area contributed by atoms with Gasteiger partial charge < -0.3 is 15.4 Å². The van der Waals surface area contributed by atoms with Crippen LogP contribution in [0.5, 0.6) is 0 Å². The van der Waals surface area contributed by atoms with Crippen molar-refractivity contribution in [1.29, 1.82) is 0 Å². The molecule has 6 heteroatoms. The minimum Gasteiger partial charge on any atom is -0.375 e. The highest BCUT2D eigenvalue weighted by Crippen LogP contribution is 2.10. The van der Waals surface area contributed by atoms with Crippen LogP contribution in [-0.2, 0) is 9.53 Å². The predicted molar refractivity (Wildman–Crippen MR) is 66.6 cm³/mol. The molecule has 2 N–H and O–H groups in total. The maximum Gasteiger partial charge on any atom is 0.261 e. The second kappa shape index (κ2) is 10.2. The summed E-state index contributed by atoms with van der Waals surface area (Å²) in [6.07, 6.45) is -0.636. The van der Waals surface area contributed by atoms with Gasteiger partial charge in [0.25, 0.3) is 6.43 Å². The summed E-state index contributed by atoms with van der Waals surface area (Å²) in [5.74, 6) is -0.0802. The van der Waals surface area contributed by atoms with Crippen molar-refractivity contribution < 1.29 is 18.3 Å². The first-order chi connectivity index (χ1) is 8.56. The van der Waals surface area contributed by atoms with Crippen LogP contribution in [0, 0.1) is 0 Å². The Kier molecular flexibility index (Phi) is 9.77. The average Bonchev–Trinajstić information content (AvgIpc) is 2.34. The summed E-state index contributed by atoms with van der Waals surface area (Å²) >= 11 is 0. The Labute approximate surface area is 107 Å². The number of carbonyl (C=O) groups excluding carboxylic acids is 1. The summed E-state index contributed by atoms with van der Waals surface area (Å²) in [6, 6.07) is 0.163. The van der Waals surface area contributed by atoms with Crippen LogP contribution in [0.25, 0.3) is 0 Å². The predicted octanol–water partition coefficient (Wildman–Crippen LogP) is 1.63. The van der Waals surface area contributed by atoms with E-state index in [9.17, 15) is 13.6 Å². The Morgan fingerprint density at radius 2 is 1.94 bits per heavy atom. The summed E-state index contributed by atoms with van der Waals surface area (Å²) in [6.45, 7) is 4.34. The smallest absolute Gasteiger partial charge is 0.261 e. The molecular formula is C12H24F2N2O2. The molecule has 0 aromatic carbocycles. The van der Waals surface area contributed by atoms with Crippen molar-refractivity contribution in [3.63, 3.8) is 0 Å². The molecule has 0 saturated carbocycles. The third-order valence-corrected chi connectivity index (χ3v) is 2.78. The number of alkyl halides is 2. The number of hydrogen-bond acceptors (Lipinski definition) is 3. The van der Waals surface area contributed by atoms with E-state index >= 15 is 0 Å². The van der Waals surface area contributed by atoms with E-state index in [2.05, 4.69) is 0 Å². The van der Waals surface area contributed by atoms with Crippen LogP contribution in [0.4, 0.5) is 8.78 Å². The summed E-state index contributed by atoms with van der Waals surface area (Å²) in [4.78, 5) is 13.7. The van der Waals surface area contributed by atoms with Crippen LogP contribution in [-0.4, -0.2) is 49.6 Å². The molecule has 0 aromatic rings. The lowest BCUT2D eigenvalue weighted by atomic mass is 10.1. The van der Waals surface area contributed by atoms with Crippen LogP contribution < -0.4 is 5.73 Å². The van der Waals surface area contributed by atoms with Gasteiger partial charge in [0.15, 0.2) is 0 Å². The summed E-state index contributed by atoms with van der Waals surface area (Å²) in [5, 5.41) is 0. The first-order valence-corrected chi connectivity index (χ1v) is 6.42. The molecule has 18 heavy (non-hydrogen) atoms. The monoisotopic (exact) mass is 266 g/mol. The highest BCUT2D eigenvalue weighted by atomic mass is 19.3. The molecule has 0 rings (SSSR count). The number of rotatable bonds is 10. The molecule has 0 bridgehead atoms. The fourth-order valence-electron chi connectivity index (χ4n) is 1.85. The van der Waals surface area contributed by atoms with E-state index in [1.807, 2.05) is 13.8 Å². The van der Waals surface area contributed by atoms with E-state index in [-0.39, 0.29) is 25.0 Å². The average molecular weight is 266 g/mol. The zero-order valence-corrected chi connectivity index (χ0v) is 11.2. The molecule has 0 aliphatic rings. The molecule has 0 saturated heterocycles. The van der Waals surface area contributed by atoms with E-state index < -0.39 is 13.0 Å². The van der Waals surface area contributed by atoms with Crippen molar-refractivity contribution in [2.24, 2.45) is 5.73 Å². The normalized spacial score (nSPS) is 11.3. The maximum atomic E-state index is 11.9. The van der Waals surface area contributed by atoms with E-state index in [1.54, 1.807) is 4.90 Å². The fourth-order valence-corrected chi connectivity index (χ4v) is 1.85. The molecular weight excluding hydrogens is 242 g/mol. The lowest BCUT2D eigenvalue weighted by molar-refractivity contribution is -0.135. The van der Waals surface area contributed by atoms with Crippen molar-refractivity contribution in [3.8, 4) is 0 Å². The van der Waals surface area contributed by atoms with Crippen LogP contribution in [0.2, 0.25) is 0 Å². The number of ether oxygens (including phenoxy) is 1.